The van der Waals surface area contributed by atoms with Gasteiger partial charge >= 0.3 is 11.8 Å². The minimum absolute atomic E-state index is 0.102. The van der Waals surface area contributed by atoms with E-state index in [1.165, 1.54) is 30.6 Å². The smallest absolute Gasteiger partial charge is 0.313 e. The Bertz CT molecular complexity index is 717. The third-order valence-electron chi connectivity index (χ3n) is 3.49. The van der Waals surface area contributed by atoms with Crippen molar-refractivity contribution < 1.29 is 22.7 Å². The minimum Gasteiger partial charge on any atom is -0.494 e. The number of carbonyl (C=O) groups excluding carboxylic acids is 2. The summed E-state index contributed by atoms with van der Waals surface area (Å²) in [5, 5.41) is 4.64. The van der Waals surface area contributed by atoms with Gasteiger partial charge in [-0.2, -0.15) is 0 Å². The quantitative estimate of drug-likeness (QED) is 0.770. The SMILES string of the molecule is CNC(=O)C(=O)Nc1ccc(N2CCCCS2(=O)=O)c(OC)c1. The average Bonchev–Trinajstić information content (AvgIpc) is 2.53. The normalized spacial score (nSPS) is 16.5. The van der Waals surface area contributed by atoms with Crippen LogP contribution in [0.15, 0.2) is 18.2 Å². The Morgan fingerprint density at radius 1 is 1.22 bits per heavy atom. The van der Waals surface area contributed by atoms with Gasteiger partial charge in [0.05, 0.1) is 18.6 Å². The molecule has 1 heterocycles. The molecular formula is C14H19N3O5S. The molecule has 2 N–H and O–H groups in total. The molecule has 0 aliphatic carbocycles. The van der Waals surface area contributed by atoms with Crippen LogP contribution in [0.4, 0.5) is 11.4 Å². The fourth-order valence-corrected chi connectivity index (χ4v) is 3.97. The van der Waals surface area contributed by atoms with Crippen molar-refractivity contribution in [1.82, 2.24) is 5.32 Å². The number of nitrogens with zero attached hydrogens (tertiary/aromatic N) is 1. The number of hydrogen-bond donors (Lipinski definition) is 2. The molecule has 8 nitrogen and oxygen atoms in total. The lowest BCUT2D eigenvalue weighted by Gasteiger charge is -2.29. The summed E-state index contributed by atoms with van der Waals surface area (Å²) in [5.41, 5.74) is 0.763. The van der Waals surface area contributed by atoms with Crippen LogP contribution in [-0.4, -0.2) is 46.7 Å². The summed E-state index contributed by atoms with van der Waals surface area (Å²) in [5.74, 6) is -1.17. The van der Waals surface area contributed by atoms with E-state index in [1.54, 1.807) is 6.07 Å². The van der Waals surface area contributed by atoms with Crippen LogP contribution >= 0.6 is 0 Å². The van der Waals surface area contributed by atoms with Gasteiger partial charge in [-0.05, 0) is 25.0 Å². The lowest BCUT2D eigenvalue weighted by atomic mass is 10.2. The lowest BCUT2D eigenvalue weighted by molar-refractivity contribution is -0.135. The first-order valence-electron chi connectivity index (χ1n) is 7.10. The number of benzene rings is 1. The predicted molar refractivity (Wildman–Crippen MR) is 86.1 cm³/mol. The first-order valence-corrected chi connectivity index (χ1v) is 8.71. The van der Waals surface area contributed by atoms with E-state index < -0.39 is 21.8 Å². The van der Waals surface area contributed by atoms with Crippen LogP contribution in [0.25, 0.3) is 0 Å². The Kier molecular flexibility index (Phi) is 5.09. The molecule has 0 bridgehead atoms. The van der Waals surface area contributed by atoms with Crippen molar-refractivity contribution in [1.29, 1.82) is 0 Å². The number of ether oxygens (including phenoxy) is 1. The third-order valence-corrected chi connectivity index (χ3v) is 5.34. The molecule has 1 fully saturated rings. The molecule has 0 radical (unpaired) electrons. The van der Waals surface area contributed by atoms with Crippen molar-refractivity contribution >= 4 is 33.2 Å². The highest BCUT2D eigenvalue weighted by molar-refractivity contribution is 7.92. The van der Waals surface area contributed by atoms with Crippen molar-refractivity contribution in [3.63, 3.8) is 0 Å². The van der Waals surface area contributed by atoms with Gasteiger partial charge in [0.15, 0.2) is 0 Å². The Balaban J connectivity index is 2.30. The fourth-order valence-electron chi connectivity index (χ4n) is 2.32. The van der Waals surface area contributed by atoms with Crippen LogP contribution in [0.5, 0.6) is 5.75 Å². The number of carbonyl (C=O) groups is 2. The largest absolute Gasteiger partial charge is 0.494 e. The van der Waals surface area contributed by atoms with E-state index in [2.05, 4.69) is 10.6 Å². The van der Waals surface area contributed by atoms with E-state index >= 15 is 0 Å². The maximum absolute atomic E-state index is 12.2. The van der Waals surface area contributed by atoms with Crippen molar-refractivity contribution in [2.75, 3.05) is 36.1 Å². The summed E-state index contributed by atoms with van der Waals surface area (Å²) in [6, 6.07) is 4.57. The summed E-state index contributed by atoms with van der Waals surface area (Å²) in [6.07, 6.45) is 1.42. The highest BCUT2D eigenvalue weighted by Crippen LogP contribution is 2.34. The van der Waals surface area contributed by atoms with Gasteiger partial charge in [-0.25, -0.2) is 8.42 Å². The van der Waals surface area contributed by atoms with Crippen molar-refractivity contribution in [3.8, 4) is 5.75 Å². The van der Waals surface area contributed by atoms with E-state index in [9.17, 15) is 18.0 Å². The molecule has 1 aliphatic rings. The molecule has 0 aromatic heterocycles. The Morgan fingerprint density at radius 2 is 1.96 bits per heavy atom. The van der Waals surface area contributed by atoms with E-state index in [4.69, 9.17) is 4.74 Å². The third kappa shape index (κ3) is 3.73. The Morgan fingerprint density at radius 3 is 2.57 bits per heavy atom. The first kappa shape index (κ1) is 17.1. The molecule has 0 saturated carbocycles. The zero-order chi connectivity index (χ0) is 17.0. The number of methoxy groups -OCH3 is 1. The number of likely N-dealkylation sites (N-methyl/N-ethyl adjacent to an activating group) is 1. The number of rotatable bonds is 3. The van der Waals surface area contributed by atoms with Gasteiger partial charge in [0.1, 0.15) is 5.75 Å². The van der Waals surface area contributed by atoms with E-state index in [0.717, 1.165) is 6.42 Å². The van der Waals surface area contributed by atoms with Gasteiger partial charge in [0.2, 0.25) is 10.0 Å². The number of hydrogen-bond acceptors (Lipinski definition) is 5. The molecular weight excluding hydrogens is 322 g/mol. The van der Waals surface area contributed by atoms with Crippen molar-refractivity contribution in [2.45, 2.75) is 12.8 Å². The van der Waals surface area contributed by atoms with Gasteiger partial charge in [0.25, 0.3) is 0 Å². The molecule has 1 saturated heterocycles. The van der Waals surface area contributed by atoms with Crippen molar-refractivity contribution in [2.24, 2.45) is 0 Å². The molecule has 2 rings (SSSR count). The standard InChI is InChI=1S/C14H19N3O5S/c1-15-13(18)14(19)16-10-5-6-11(12(9-10)22-2)17-7-3-4-8-23(17,20)21/h5-6,9H,3-4,7-8H2,1-2H3,(H,15,18)(H,16,19). The summed E-state index contributed by atoms with van der Waals surface area (Å²) in [4.78, 5) is 22.8. The van der Waals surface area contributed by atoms with Gasteiger partial charge in [-0.3, -0.25) is 13.9 Å². The molecule has 1 aromatic rings. The summed E-state index contributed by atoms with van der Waals surface area (Å²) >= 11 is 0. The maximum atomic E-state index is 12.2. The van der Waals surface area contributed by atoms with E-state index in [1.807, 2.05) is 0 Å². The average molecular weight is 341 g/mol. The number of amides is 2. The Labute approximate surface area is 134 Å². The fraction of sp³-hybridized carbons (Fsp3) is 0.429. The zero-order valence-corrected chi connectivity index (χ0v) is 13.8. The van der Waals surface area contributed by atoms with Crippen LogP contribution in [0.2, 0.25) is 0 Å². The lowest BCUT2D eigenvalue weighted by Crippen LogP contribution is -2.38. The second-order valence-electron chi connectivity index (χ2n) is 5.02. The maximum Gasteiger partial charge on any atom is 0.313 e. The van der Waals surface area contributed by atoms with Gasteiger partial charge < -0.3 is 15.4 Å². The molecule has 1 aromatic carbocycles. The van der Waals surface area contributed by atoms with Gasteiger partial charge in [-0.15, -0.1) is 0 Å². The van der Waals surface area contributed by atoms with E-state index in [0.29, 0.717) is 30.1 Å². The minimum atomic E-state index is -3.36. The van der Waals surface area contributed by atoms with E-state index in [-0.39, 0.29) is 5.75 Å². The van der Waals surface area contributed by atoms with Crippen LogP contribution in [0.1, 0.15) is 12.8 Å². The highest BCUT2D eigenvalue weighted by Gasteiger charge is 2.28. The molecule has 9 heteroatoms. The number of nitrogens with one attached hydrogen (secondary N) is 2. The van der Waals surface area contributed by atoms with Crippen LogP contribution in [-0.2, 0) is 19.6 Å². The zero-order valence-electron chi connectivity index (χ0n) is 13.0. The predicted octanol–water partition coefficient (Wildman–Crippen LogP) is 0.310. The molecule has 1 aliphatic heterocycles. The van der Waals surface area contributed by atoms with Gasteiger partial charge in [0, 0.05) is 25.3 Å². The molecule has 126 valence electrons. The first-order chi connectivity index (χ1) is 10.9. The second-order valence-corrected chi connectivity index (χ2v) is 7.03. The highest BCUT2D eigenvalue weighted by atomic mass is 32.2. The molecule has 0 spiro atoms. The van der Waals surface area contributed by atoms with Crippen molar-refractivity contribution in [3.05, 3.63) is 18.2 Å². The monoisotopic (exact) mass is 341 g/mol. The molecule has 0 atom stereocenters. The molecule has 0 unspecified atom stereocenters. The molecule has 2 amide bonds. The van der Waals surface area contributed by atoms with Crippen LogP contribution < -0.4 is 19.7 Å². The summed E-state index contributed by atoms with van der Waals surface area (Å²) < 4.78 is 30.9. The molecule has 23 heavy (non-hydrogen) atoms. The summed E-state index contributed by atoms with van der Waals surface area (Å²) in [7, 11) is -0.590. The topological polar surface area (TPSA) is 105 Å². The van der Waals surface area contributed by atoms with Crippen LogP contribution in [0.3, 0.4) is 0 Å². The summed E-state index contributed by atoms with van der Waals surface area (Å²) in [6.45, 7) is 0.392. The second kappa shape index (κ2) is 6.86. The number of sulfonamides is 1. The van der Waals surface area contributed by atoms with Gasteiger partial charge in [-0.1, -0.05) is 0 Å². The number of anilines is 2. The Hall–Kier alpha value is -2.29. The van der Waals surface area contributed by atoms with Crippen LogP contribution in [0, 0.1) is 0 Å².